The minimum Gasteiger partial charge on any atom is -0.327 e. The van der Waals surface area contributed by atoms with Crippen LogP contribution in [0.2, 0.25) is 0 Å². The molecule has 1 aromatic rings. The van der Waals surface area contributed by atoms with Gasteiger partial charge >= 0.3 is 0 Å². The van der Waals surface area contributed by atoms with Crippen molar-refractivity contribution in [3.05, 3.63) is 28.2 Å². The summed E-state index contributed by atoms with van der Waals surface area (Å²) in [6, 6.07) is 0.554. The summed E-state index contributed by atoms with van der Waals surface area (Å²) >= 11 is 0. The molecule has 1 heterocycles. The van der Waals surface area contributed by atoms with Crippen molar-refractivity contribution in [1.29, 1.82) is 0 Å². The third-order valence-corrected chi connectivity index (χ3v) is 2.37. The highest BCUT2D eigenvalue weighted by atomic mass is 32.2. The minimum absolute atomic E-state index is 0.554. The molecule has 0 saturated carbocycles. The van der Waals surface area contributed by atoms with Crippen LogP contribution < -0.4 is 10.7 Å². The average molecular weight is 224 g/mol. The van der Waals surface area contributed by atoms with Gasteiger partial charge in [-0.2, -0.15) is 0 Å². The highest BCUT2D eigenvalue weighted by molar-refractivity contribution is 7.89. The Labute approximate surface area is 77.6 Å². The maximum Gasteiger partial charge on any atom is 0.268 e. The number of alkyl halides is 2. The van der Waals surface area contributed by atoms with E-state index < -0.39 is 32.5 Å². The summed E-state index contributed by atoms with van der Waals surface area (Å²) in [5.41, 5.74) is -1.62. The van der Waals surface area contributed by atoms with Gasteiger partial charge in [0.1, 0.15) is 4.90 Å². The molecule has 3 N–H and O–H groups in total. The number of H-pyrrole nitrogens is 1. The van der Waals surface area contributed by atoms with Gasteiger partial charge in [0.2, 0.25) is 10.0 Å². The Morgan fingerprint density at radius 1 is 1.43 bits per heavy atom. The number of halogens is 2. The number of primary sulfonamides is 1. The lowest BCUT2D eigenvalue weighted by atomic mass is 10.3. The van der Waals surface area contributed by atoms with Crippen LogP contribution in [0.3, 0.4) is 0 Å². The van der Waals surface area contributed by atoms with Gasteiger partial charge in [-0.25, -0.2) is 22.3 Å². The zero-order valence-electron chi connectivity index (χ0n) is 6.70. The van der Waals surface area contributed by atoms with Crippen molar-refractivity contribution < 1.29 is 17.2 Å². The fraction of sp³-hybridized carbons (Fsp3) is 0.167. The first kappa shape index (κ1) is 10.8. The third-order valence-electron chi connectivity index (χ3n) is 1.45. The number of nitrogens with one attached hydrogen (secondary N) is 1. The van der Waals surface area contributed by atoms with Crippen molar-refractivity contribution in [3.8, 4) is 0 Å². The van der Waals surface area contributed by atoms with E-state index in [-0.39, 0.29) is 0 Å². The number of rotatable bonds is 2. The van der Waals surface area contributed by atoms with Crippen LogP contribution in [0.4, 0.5) is 8.78 Å². The van der Waals surface area contributed by atoms with Gasteiger partial charge in [-0.15, -0.1) is 0 Å². The van der Waals surface area contributed by atoms with Crippen LogP contribution in [0.25, 0.3) is 0 Å². The second-order valence-corrected chi connectivity index (χ2v) is 4.00. The van der Waals surface area contributed by atoms with E-state index in [9.17, 15) is 22.0 Å². The molecule has 0 radical (unpaired) electrons. The van der Waals surface area contributed by atoms with E-state index in [1.54, 1.807) is 0 Å². The smallest absolute Gasteiger partial charge is 0.268 e. The number of aromatic nitrogens is 1. The Balaban J connectivity index is 3.45. The molecule has 0 bridgehead atoms. The van der Waals surface area contributed by atoms with Crippen LogP contribution in [0.1, 0.15) is 12.0 Å². The van der Waals surface area contributed by atoms with Crippen LogP contribution in [0, 0.1) is 0 Å². The molecule has 78 valence electrons. The van der Waals surface area contributed by atoms with Crippen LogP contribution in [-0.2, 0) is 10.0 Å². The zero-order valence-corrected chi connectivity index (χ0v) is 7.51. The van der Waals surface area contributed by atoms with E-state index in [0.29, 0.717) is 6.07 Å². The van der Waals surface area contributed by atoms with Crippen molar-refractivity contribution in [1.82, 2.24) is 4.98 Å². The molecule has 0 unspecified atom stereocenters. The lowest BCUT2D eigenvalue weighted by Crippen LogP contribution is -2.23. The van der Waals surface area contributed by atoms with E-state index in [0.717, 1.165) is 6.20 Å². The van der Waals surface area contributed by atoms with Crippen molar-refractivity contribution >= 4 is 10.0 Å². The first-order valence-corrected chi connectivity index (χ1v) is 4.90. The third kappa shape index (κ3) is 2.15. The molecule has 0 saturated heterocycles. The van der Waals surface area contributed by atoms with E-state index in [1.165, 1.54) is 0 Å². The molecule has 8 heteroatoms. The Kier molecular flexibility index (Phi) is 2.67. The predicted molar refractivity (Wildman–Crippen MR) is 43.4 cm³/mol. The van der Waals surface area contributed by atoms with Gasteiger partial charge in [-0.1, -0.05) is 0 Å². The van der Waals surface area contributed by atoms with Crippen molar-refractivity contribution in [2.24, 2.45) is 5.14 Å². The topological polar surface area (TPSA) is 93.0 Å². The normalized spacial score (nSPS) is 12.0. The van der Waals surface area contributed by atoms with Gasteiger partial charge in [-0.05, 0) is 6.07 Å². The Hall–Kier alpha value is -1.28. The lowest BCUT2D eigenvalue weighted by Gasteiger charge is -2.01. The van der Waals surface area contributed by atoms with Crippen molar-refractivity contribution in [3.63, 3.8) is 0 Å². The van der Waals surface area contributed by atoms with Gasteiger partial charge in [0, 0.05) is 11.8 Å². The first-order valence-electron chi connectivity index (χ1n) is 3.36. The average Bonchev–Trinajstić information content (AvgIpc) is 2.02. The number of aromatic amines is 1. The number of hydrogen-bond donors (Lipinski definition) is 2. The molecule has 14 heavy (non-hydrogen) atoms. The van der Waals surface area contributed by atoms with E-state index in [2.05, 4.69) is 5.14 Å². The van der Waals surface area contributed by atoms with Gasteiger partial charge in [0.25, 0.3) is 12.0 Å². The second-order valence-electron chi connectivity index (χ2n) is 2.47. The summed E-state index contributed by atoms with van der Waals surface area (Å²) in [6.07, 6.45) is -2.13. The van der Waals surface area contributed by atoms with Crippen molar-refractivity contribution in [2.75, 3.05) is 0 Å². The number of hydrogen-bond acceptors (Lipinski definition) is 3. The van der Waals surface area contributed by atoms with Gasteiger partial charge in [0.05, 0.1) is 0 Å². The van der Waals surface area contributed by atoms with Crippen LogP contribution in [0.15, 0.2) is 22.0 Å². The van der Waals surface area contributed by atoms with Crippen LogP contribution >= 0.6 is 0 Å². The number of nitrogens with two attached hydrogens (primary N) is 1. The molecular formula is C6H6F2N2O3S. The standard InChI is InChI=1S/C6H6F2N2O3S/c7-5(8)3-1-4(14(9,12)13)6(11)10-2-3/h1-2,5H,(H,10,11)(H2,9,12,13). The van der Waals surface area contributed by atoms with Gasteiger partial charge in [-0.3, -0.25) is 4.79 Å². The molecule has 0 aliphatic rings. The molecule has 1 aromatic heterocycles. The first-order chi connectivity index (χ1) is 6.32. The monoisotopic (exact) mass is 224 g/mol. The summed E-state index contributed by atoms with van der Waals surface area (Å²) in [7, 11) is -4.27. The predicted octanol–water partition coefficient (Wildman–Crippen LogP) is -0.0401. The Morgan fingerprint density at radius 3 is 2.43 bits per heavy atom. The quantitative estimate of drug-likeness (QED) is 0.738. The van der Waals surface area contributed by atoms with E-state index in [1.807, 2.05) is 4.98 Å². The molecule has 0 aliphatic carbocycles. The fourth-order valence-corrected chi connectivity index (χ4v) is 1.43. The van der Waals surface area contributed by atoms with Crippen LogP contribution in [-0.4, -0.2) is 13.4 Å². The summed E-state index contributed by atoms with van der Waals surface area (Å²) < 4.78 is 45.7. The molecule has 0 atom stereocenters. The highest BCUT2D eigenvalue weighted by Gasteiger charge is 2.16. The Bertz CT molecular complexity index is 494. The van der Waals surface area contributed by atoms with E-state index >= 15 is 0 Å². The second kappa shape index (κ2) is 3.46. The van der Waals surface area contributed by atoms with Gasteiger partial charge in [0.15, 0.2) is 0 Å². The molecule has 0 fully saturated rings. The maximum absolute atomic E-state index is 12.1. The maximum atomic E-state index is 12.1. The number of pyridine rings is 1. The molecule has 5 nitrogen and oxygen atoms in total. The number of sulfonamides is 1. The van der Waals surface area contributed by atoms with E-state index in [4.69, 9.17) is 0 Å². The fourth-order valence-electron chi connectivity index (χ4n) is 0.816. The van der Waals surface area contributed by atoms with Crippen LogP contribution in [0.5, 0.6) is 0 Å². The minimum atomic E-state index is -4.27. The van der Waals surface area contributed by atoms with Crippen molar-refractivity contribution in [2.45, 2.75) is 11.3 Å². The summed E-state index contributed by atoms with van der Waals surface area (Å²) in [5, 5.41) is 4.63. The van der Waals surface area contributed by atoms with Gasteiger partial charge < -0.3 is 4.98 Å². The summed E-state index contributed by atoms with van der Waals surface area (Å²) in [5.74, 6) is 0. The molecule has 0 aliphatic heterocycles. The molecule has 0 aromatic carbocycles. The molecule has 0 amide bonds. The lowest BCUT2D eigenvalue weighted by molar-refractivity contribution is 0.150. The largest absolute Gasteiger partial charge is 0.327 e. The zero-order chi connectivity index (χ0) is 10.9. The summed E-state index contributed by atoms with van der Waals surface area (Å²) in [6.45, 7) is 0. The summed E-state index contributed by atoms with van der Waals surface area (Å²) in [4.78, 5) is 11.9. The molecular weight excluding hydrogens is 218 g/mol. The SMILES string of the molecule is NS(=O)(=O)c1cc(C(F)F)c[nH]c1=O. The highest BCUT2D eigenvalue weighted by Crippen LogP contribution is 2.17. The molecule has 1 rings (SSSR count). The Morgan fingerprint density at radius 2 is 2.00 bits per heavy atom. The molecule has 0 spiro atoms.